The van der Waals surface area contributed by atoms with Crippen molar-refractivity contribution in [1.82, 2.24) is 14.7 Å². The molecule has 2 heterocycles. The Bertz CT molecular complexity index is 563. The summed E-state index contributed by atoms with van der Waals surface area (Å²) in [6, 6.07) is 6.62. The number of benzene rings is 1. The van der Waals surface area contributed by atoms with Gasteiger partial charge in [-0.3, -0.25) is 9.69 Å². The molecule has 0 radical (unpaired) electrons. The molecule has 2 aliphatic heterocycles. The first-order chi connectivity index (χ1) is 11.6. The Labute approximate surface area is 144 Å². The fraction of sp³-hybridized carbons (Fsp3) is 0.632. The van der Waals surface area contributed by atoms with Gasteiger partial charge in [-0.2, -0.15) is 0 Å². The van der Waals surface area contributed by atoms with Crippen molar-refractivity contribution < 1.29 is 9.18 Å². The molecule has 0 N–H and O–H groups in total. The van der Waals surface area contributed by atoms with Gasteiger partial charge in [0, 0.05) is 19.1 Å². The predicted octanol–water partition coefficient (Wildman–Crippen LogP) is 2.52. The first kappa shape index (κ1) is 17.4. The number of hydrogen-bond donors (Lipinski definition) is 0. The van der Waals surface area contributed by atoms with Gasteiger partial charge in [0.25, 0.3) is 0 Å². The fourth-order valence-corrected chi connectivity index (χ4v) is 4.07. The topological polar surface area (TPSA) is 26.8 Å². The van der Waals surface area contributed by atoms with Crippen LogP contribution in [-0.2, 0) is 4.79 Å². The molecule has 0 spiro atoms. The summed E-state index contributed by atoms with van der Waals surface area (Å²) in [5.74, 6) is -0.203. The number of nitrogens with zero attached hydrogens (tertiary/aromatic N) is 3. The maximum atomic E-state index is 13.6. The highest BCUT2D eigenvalue weighted by Gasteiger charge is 2.32. The quantitative estimate of drug-likeness (QED) is 0.847. The van der Waals surface area contributed by atoms with Gasteiger partial charge >= 0.3 is 0 Å². The van der Waals surface area contributed by atoms with Crippen LogP contribution in [0.2, 0.25) is 0 Å². The number of rotatable bonds is 4. The van der Waals surface area contributed by atoms with Crippen molar-refractivity contribution in [3.8, 4) is 0 Å². The van der Waals surface area contributed by atoms with E-state index >= 15 is 0 Å². The highest BCUT2D eigenvalue weighted by molar-refractivity contribution is 5.83. The van der Waals surface area contributed by atoms with E-state index in [0.29, 0.717) is 6.04 Å². The molecular formula is C19H28FN3O. The average molecular weight is 333 g/mol. The van der Waals surface area contributed by atoms with Gasteiger partial charge in [-0.1, -0.05) is 12.1 Å². The second-order valence-electron chi connectivity index (χ2n) is 7.22. The number of amides is 1. The first-order valence-electron chi connectivity index (χ1n) is 9.01. The van der Waals surface area contributed by atoms with Gasteiger partial charge in [0.1, 0.15) is 11.9 Å². The summed E-state index contributed by atoms with van der Waals surface area (Å²) in [4.78, 5) is 19.4. The van der Waals surface area contributed by atoms with Crippen LogP contribution in [0.4, 0.5) is 4.39 Å². The maximum absolute atomic E-state index is 13.6. The molecule has 2 saturated heterocycles. The minimum absolute atomic E-state index is 0.0884. The number of likely N-dealkylation sites (tertiary alicyclic amines) is 2. The molecular weight excluding hydrogens is 305 g/mol. The second-order valence-corrected chi connectivity index (χ2v) is 7.22. The van der Waals surface area contributed by atoms with Crippen LogP contribution in [0.15, 0.2) is 24.3 Å². The molecule has 132 valence electrons. The summed E-state index contributed by atoms with van der Waals surface area (Å²) >= 11 is 0. The third kappa shape index (κ3) is 3.78. The van der Waals surface area contributed by atoms with Crippen molar-refractivity contribution in [2.75, 3.05) is 40.3 Å². The molecule has 1 aromatic carbocycles. The molecule has 1 unspecified atom stereocenters. The normalized spacial score (nSPS) is 21.4. The van der Waals surface area contributed by atoms with Crippen molar-refractivity contribution in [3.63, 3.8) is 0 Å². The van der Waals surface area contributed by atoms with Gasteiger partial charge in [-0.25, -0.2) is 4.39 Å². The number of halogens is 1. The molecule has 4 nitrogen and oxygen atoms in total. The van der Waals surface area contributed by atoms with Crippen molar-refractivity contribution in [1.29, 1.82) is 0 Å². The van der Waals surface area contributed by atoms with E-state index in [1.807, 2.05) is 30.0 Å². The number of likely N-dealkylation sites (N-methyl/N-ethyl adjacent to an activating group) is 1. The van der Waals surface area contributed by atoms with Gasteiger partial charge < -0.3 is 9.80 Å². The summed E-state index contributed by atoms with van der Waals surface area (Å²) in [6.45, 7) is 4.03. The van der Waals surface area contributed by atoms with E-state index in [0.717, 1.165) is 31.5 Å². The molecule has 1 aromatic rings. The number of hydrogen-bond acceptors (Lipinski definition) is 3. The smallest absolute Gasteiger partial charge is 0.244 e. The van der Waals surface area contributed by atoms with Crippen LogP contribution >= 0.6 is 0 Å². The van der Waals surface area contributed by atoms with Gasteiger partial charge in [-0.05, 0) is 70.6 Å². The summed E-state index contributed by atoms with van der Waals surface area (Å²) < 4.78 is 13.6. The third-order valence-corrected chi connectivity index (χ3v) is 5.35. The van der Waals surface area contributed by atoms with E-state index in [1.54, 1.807) is 6.07 Å². The molecule has 3 rings (SSSR count). The average Bonchev–Trinajstić information content (AvgIpc) is 3.09. The zero-order valence-corrected chi connectivity index (χ0v) is 14.7. The molecule has 24 heavy (non-hydrogen) atoms. The lowest BCUT2D eigenvalue weighted by Gasteiger charge is -2.39. The highest BCUT2D eigenvalue weighted by atomic mass is 19.1. The summed E-state index contributed by atoms with van der Waals surface area (Å²) in [5, 5.41) is 0. The Morgan fingerprint density at radius 3 is 2.42 bits per heavy atom. The highest BCUT2D eigenvalue weighted by Crippen LogP contribution is 2.26. The summed E-state index contributed by atoms with van der Waals surface area (Å²) in [5.41, 5.74) is 0.728. The molecule has 2 fully saturated rings. The minimum atomic E-state index is -0.413. The third-order valence-electron chi connectivity index (χ3n) is 5.35. The minimum Gasteiger partial charge on any atom is -0.341 e. The molecule has 0 bridgehead atoms. The Balaban J connectivity index is 1.66. The SMILES string of the molecule is CN(C)C(C(=O)N1CCC(N2CCCC2)CC1)c1cccc(F)c1. The Morgan fingerprint density at radius 1 is 1.17 bits per heavy atom. The lowest BCUT2D eigenvalue weighted by molar-refractivity contribution is -0.138. The van der Waals surface area contributed by atoms with Crippen molar-refractivity contribution >= 4 is 5.91 Å². The molecule has 5 heteroatoms. The molecule has 0 aliphatic carbocycles. The van der Waals surface area contributed by atoms with E-state index in [9.17, 15) is 9.18 Å². The number of carbonyl (C=O) groups is 1. The van der Waals surface area contributed by atoms with Crippen molar-refractivity contribution in [2.24, 2.45) is 0 Å². The van der Waals surface area contributed by atoms with Crippen LogP contribution in [0.3, 0.4) is 0 Å². The van der Waals surface area contributed by atoms with Crippen LogP contribution in [0.5, 0.6) is 0 Å². The van der Waals surface area contributed by atoms with E-state index in [1.165, 1.54) is 38.1 Å². The number of carbonyl (C=O) groups excluding carboxylic acids is 1. The maximum Gasteiger partial charge on any atom is 0.244 e. The summed E-state index contributed by atoms with van der Waals surface area (Å²) in [6.07, 6.45) is 4.72. The lowest BCUT2D eigenvalue weighted by Crippen LogP contribution is -2.48. The van der Waals surface area contributed by atoms with Gasteiger partial charge in [0.2, 0.25) is 5.91 Å². The zero-order valence-electron chi connectivity index (χ0n) is 14.7. The van der Waals surface area contributed by atoms with E-state index in [2.05, 4.69) is 4.90 Å². The van der Waals surface area contributed by atoms with Crippen LogP contribution in [-0.4, -0.2) is 66.9 Å². The van der Waals surface area contributed by atoms with E-state index in [4.69, 9.17) is 0 Å². The Hall–Kier alpha value is -1.46. The molecule has 0 aromatic heterocycles. The van der Waals surface area contributed by atoms with Crippen LogP contribution in [0.1, 0.15) is 37.3 Å². The standard InChI is InChI=1S/C19H28FN3O/c1-21(2)18(15-6-5-7-16(20)14-15)19(24)23-12-8-17(9-13-23)22-10-3-4-11-22/h5-7,14,17-18H,3-4,8-13H2,1-2H3. The zero-order chi connectivity index (χ0) is 17.1. The molecule has 1 atom stereocenters. The lowest BCUT2D eigenvalue weighted by atomic mass is 10.00. The summed E-state index contributed by atoms with van der Waals surface area (Å²) in [7, 11) is 3.76. The molecule has 2 aliphatic rings. The predicted molar refractivity (Wildman–Crippen MR) is 93.2 cm³/mol. The van der Waals surface area contributed by atoms with E-state index < -0.39 is 6.04 Å². The van der Waals surface area contributed by atoms with Crippen LogP contribution < -0.4 is 0 Å². The van der Waals surface area contributed by atoms with Crippen molar-refractivity contribution in [2.45, 2.75) is 37.8 Å². The second kappa shape index (κ2) is 7.62. The molecule has 1 amide bonds. The number of piperidine rings is 1. The Morgan fingerprint density at radius 2 is 1.83 bits per heavy atom. The van der Waals surface area contributed by atoms with Crippen LogP contribution in [0.25, 0.3) is 0 Å². The first-order valence-corrected chi connectivity index (χ1v) is 9.01. The molecule has 0 saturated carbocycles. The Kier molecular flexibility index (Phi) is 5.51. The van der Waals surface area contributed by atoms with Crippen LogP contribution in [0, 0.1) is 5.82 Å². The van der Waals surface area contributed by atoms with Gasteiger partial charge in [-0.15, -0.1) is 0 Å². The largest absolute Gasteiger partial charge is 0.341 e. The monoisotopic (exact) mass is 333 g/mol. The van der Waals surface area contributed by atoms with E-state index in [-0.39, 0.29) is 11.7 Å². The van der Waals surface area contributed by atoms with Gasteiger partial charge in [0.15, 0.2) is 0 Å². The van der Waals surface area contributed by atoms with Crippen molar-refractivity contribution in [3.05, 3.63) is 35.6 Å². The van der Waals surface area contributed by atoms with Gasteiger partial charge in [0.05, 0.1) is 0 Å². The fourth-order valence-electron chi connectivity index (χ4n) is 4.07.